The molecule has 0 saturated carbocycles. The lowest BCUT2D eigenvalue weighted by Crippen LogP contribution is -2.15. The lowest BCUT2D eigenvalue weighted by Gasteiger charge is -2.16. The summed E-state index contributed by atoms with van der Waals surface area (Å²) in [6.45, 7) is 6.04. The molecule has 0 bridgehead atoms. The van der Waals surface area contributed by atoms with Gasteiger partial charge in [-0.1, -0.05) is 41.6 Å². The van der Waals surface area contributed by atoms with Crippen LogP contribution in [0.15, 0.2) is 47.6 Å². The maximum absolute atomic E-state index is 12.4. The molecule has 1 aromatic heterocycles. The maximum atomic E-state index is 12.4. The van der Waals surface area contributed by atoms with Crippen LogP contribution in [0, 0.1) is 17.0 Å². The van der Waals surface area contributed by atoms with E-state index in [1.807, 2.05) is 30.5 Å². The molecular weight excluding hydrogens is 454 g/mol. The molecule has 9 nitrogen and oxygen atoms in total. The van der Waals surface area contributed by atoms with Crippen molar-refractivity contribution in [2.24, 2.45) is 0 Å². The van der Waals surface area contributed by atoms with Crippen molar-refractivity contribution >= 4 is 40.6 Å². The van der Waals surface area contributed by atoms with Crippen molar-refractivity contribution in [3.8, 4) is 5.75 Å². The molecular formula is C21H22ClN5O4S. The molecule has 2 aromatic carbocycles. The molecule has 1 N–H and O–H groups in total. The van der Waals surface area contributed by atoms with E-state index in [1.54, 1.807) is 31.2 Å². The highest BCUT2D eigenvalue weighted by atomic mass is 35.5. The van der Waals surface area contributed by atoms with Gasteiger partial charge in [-0.25, -0.2) is 0 Å². The molecule has 3 rings (SSSR count). The number of amides is 1. The third-order valence-corrected chi connectivity index (χ3v) is 5.87. The second-order valence-electron chi connectivity index (χ2n) is 6.87. The molecule has 0 aliphatic carbocycles. The van der Waals surface area contributed by atoms with Crippen molar-refractivity contribution in [1.82, 2.24) is 14.8 Å². The van der Waals surface area contributed by atoms with Gasteiger partial charge in [0, 0.05) is 23.9 Å². The van der Waals surface area contributed by atoms with Gasteiger partial charge in [0.15, 0.2) is 17.1 Å². The number of carbonyl (C=O) groups is 1. The van der Waals surface area contributed by atoms with E-state index in [0.717, 1.165) is 0 Å². The van der Waals surface area contributed by atoms with Gasteiger partial charge in [0.25, 0.3) is 5.69 Å². The minimum absolute atomic E-state index is 0.0432. The second kappa shape index (κ2) is 10.5. The molecule has 1 atom stereocenters. The zero-order valence-electron chi connectivity index (χ0n) is 17.7. The predicted octanol–water partition coefficient (Wildman–Crippen LogP) is 5.04. The summed E-state index contributed by atoms with van der Waals surface area (Å²) in [5, 5.41) is 23.3. The number of hydrogen-bond acceptors (Lipinski definition) is 7. The summed E-state index contributed by atoms with van der Waals surface area (Å²) in [6.07, 6.45) is -0.404. The van der Waals surface area contributed by atoms with Crippen LogP contribution >= 0.6 is 23.4 Å². The number of nitrogens with one attached hydrogen (secondary N) is 1. The van der Waals surface area contributed by atoms with Crippen LogP contribution in [-0.2, 0) is 11.3 Å². The minimum atomic E-state index is -0.475. The molecule has 1 heterocycles. The predicted molar refractivity (Wildman–Crippen MR) is 123 cm³/mol. The van der Waals surface area contributed by atoms with Crippen molar-refractivity contribution in [2.45, 2.75) is 38.6 Å². The van der Waals surface area contributed by atoms with E-state index in [1.165, 1.54) is 17.8 Å². The van der Waals surface area contributed by atoms with Crippen molar-refractivity contribution in [2.75, 3.05) is 11.1 Å². The highest BCUT2D eigenvalue weighted by Crippen LogP contribution is 2.29. The summed E-state index contributed by atoms with van der Waals surface area (Å²) >= 11 is 7.39. The molecule has 0 aliphatic rings. The van der Waals surface area contributed by atoms with Crippen LogP contribution in [0.3, 0.4) is 0 Å². The Hall–Kier alpha value is -3.11. The summed E-state index contributed by atoms with van der Waals surface area (Å²) in [4.78, 5) is 23.0. The fourth-order valence-electron chi connectivity index (χ4n) is 3.00. The number of nitro benzene ring substituents is 1. The summed E-state index contributed by atoms with van der Waals surface area (Å²) in [5.74, 6) is 0.929. The number of aromatic nitrogens is 3. The zero-order chi connectivity index (χ0) is 23.3. The lowest BCUT2D eigenvalue weighted by atomic mass is 10.2. The SMILES string of the molecule is CCn1c(SCC(=O)Nc2ccc(C)c([N+](=O)[O-])c2)nnc1[C@@H](C)Oc1ccccc1Cl. The Balaban J connectivity index is 1.65. The Labute approximate surface area is 194 Å². The number of rotatable bonds is 9. The average Bonchev–Trinajstić information content (AvgIpc) is 3.18. The van der Waals surface area contributed by atoms with Crippen LogP contribution in [0.5, 0.6) is 5.75 Å². The lowest BCUT2D eigenvalue weighted by molar-refractivity contribution is -0.385. The van der Waals surface area contributed by atoms with E-state index < -0.39 is 11.0 Å². The number of nitro groups is 1. The number of aryl methyl sites for hydroxylation is 1. The van der Waals surface area contributed by atoms with E-state index in [-0.39, 0.29) is 17.3 Å². The highest BCUT2D eigenvalue weighted by molar-refractivity contribution is 7.99. The van der Waals surface area contributed by atoms with Gasteiger partial charge in [-0.2, -0.15) is 0 Å². The minimum Gasteiger partial charge on any atom is -0.481 e. The Morgan fingerprint density at radius 2 is 2.06 bits per heavy atom. The number of carbonyl (C=O) groups excluding carboxylic acids is 1. The third-order valence-electron chi connectivity index (χ3n) is 4.59. The van der Waals surface area contributed by atoms with Crippen molar-refractivity contribution in [3.63, 3.8) is 0 Å². The van der Waals surface area contributed by atoms with E-state index >= 15 is 0 Å². The van der Waals surface area contributed by atoms with Crippen LogP contribution in [0.1, 0.15) is 31.3 Å². The van der Waals surface area contributed by atoms with Crippen LogP contribution < -0.4 is 10.1 Å². The molecule has 0 fully saturated rings. The van der Waals surface area contributed by atoms with Gasteiger partial charge in [0.1, 0.15) is 5.75 Å². The number of benzene rings is 2. The van der Waals surface area contributed by atoms with Crippen LogP contribution in [-0.4, -0.2) is 31.3 Å². The number of ether oxygens (including phenoxy) is 1. The Kier molecular flexibility index (Phi) is 7.70. The van der Waals surface area contributed by atoms with Crippen LogP contribution in [0.2, 0.25) is 5.02 Å². The second-order valence-corrected chi connectivity index (χ2v) is 8.22. The number of hydrogen-bond donors (Lipinski definition) is 1. The van der Waals surface area contributed by atoms with Gasteiger partial charge in [-0.15, -0.1) is 10.2 Å². The van der Waals surface area contributed by atoms with Gasteiger partial charge in [0.2, 0.25) is 5.91 Å². The molecule has 1 amide bonds. The molecule has 168 valence electrons. The smallest absolute Gasteiger partial charge is 0.274 e. The zero-order valence-corrected chi connectivity index (χ0v) is 19.3. The molecule has 32 heavy (non-hydrogen) atoms. The summed E-state index contributed by atoms with van der Waals surface area (Å²) in [6, 6.07) is 11.8. The van der Waals surface area contributed by atoms with Gasteiger partial charge in [-0.05, 0) is 39.0 Å². The first-order chi connectivity index (χ1) is 15.3. The van der Waals surface area contributed by atoms with Crippen LogP contribution in [0.25, 0.3) is 0 Å². The van der Waals surface area contributed by atoms with E-state index in [0.29, 0.717) is 39.5 Å². The van der Waals surface area contributed by atoms with Crippen molar-refractivity contribution < 1.29 is 14.5 Å². The number of para-hydroxylation sites is 1. The third kappa shape index (κ3) is 5.57. The van der Waals surface area contributed by atoms with Crippen molar-refractivity contribution in [1.29, 1.82) is 0 Å². The van der Waals surface area contributed by atoms with Crippen LogP contribution in [0.4, 0.5) is 11.4 Å². The largest absolute Gasteiger partial charge is 0.481 e. The number of anilines is 1. The number of nitrogens with zero attached hydrogens (tertiary/aromatic N) is 4. The first-order valence-corrected chi connectivity index (χ1v) is 11.2. The molecule has 11 heteroatoms. The molecule has 3 aromatic rings. The number of thioether (sulfide) groups is 1. The molecule has 0 unspecified atom stereocenters. The normalized spacial score (nSPS) is 11.8. The first-order valence-electron chi connectivity index (χ1n) is 9.82. The first kappa shape index (κ1) is 23.6. The van der Waals surface area contributed by atoms with Crippen molar-refractivity contribution in [3.05, 3.63) is 69.0 Å². The fraction of sp³-hybridized carbons (Fsp3) is 0.286. The highest BCUT2D eigenvalue weighted by Gasteiger charge is 2.20. The van der Waals surface area contributed by atoms with Gasteiger partial charge in [-0.3, -0.25) is 14.9 Å². The maximum Gasteiger partial charge on any atom is 0.274 e. The quantitative estimate of drug-likeness (QED) is 0.262. The monoisotopic (exact) mass is 475 g/mol. The van der Waals surface area contributed by atoms with E-state index in [2.05, 4.69) is 15.5 Å². The standard InChI is InChI=1S/C21H22ClN5O4S/c1-4-26-20(14(3)31-18-8-6-5-7-16(18)22)24-25-21(26)32-12-19(28)23-15-10-9-13(2)17(11-15)27(29)30/h5-11,14H,4,12H2,1-3H3,(H,23,28)/t14-/m1/s1. The fourth-order valence-corrected chi connectivity index (χ4v) is 3.99. The Morgan fingerprint density at radius 3 is 2.75 bits per heavy atom. The molecule has 0 radical (unpaired) electrons. The topological polar surface area (TPSA) is 112 Å². The van der Waals surface area contributed by atoms with E-state index in [4.69, 9.17) is 16.3 Å². The molecule has 0 spiro atoms. The summed E-state index contributed by atoms with van der Waals surface area (Å²) < 4.78 is 7.80. The summed E-state index contributed by atoms with van der Waals surface area (Å²) in [5.41, 5.74) is 0.852. The van der Waals surface area contributed by atoms with Gasteiger partial charge < -0.3 is 14.6 Å². The van der Waals surface area contributed by atoms with Gasteiger partial charge >= 0.3 is 0 Å². The molecule has 0 saturated heterocycles. The number of halogens is 1. The molecule has 0 aliphatic heterocycles. The van der Waals surface area contributed by atoms with Gasteiger partial charge in [0.05, 0.1) is 15.7 Å². The average molecular weight is 476 g/mol. The van der Waals surface area contributed by atoms with E-state index in [9.17, 15) is 14.9 Å². The Bertz CT molecular complexity index is 1140. The summed E-state index contributed by atoms with van der Waals surface area (Å²) in [7, 11) is 0. The Morgan fingerprint density at radius 1 is 1.31 bits per heavy atom.